The van der Waals surface area contributed by atoms with Crippen LogP contribution in [0.4, 0.5) is 8.78 Å². The number of hydrogen-bond acceptors (Lipinski definition) is 3. The third-order valence-corrected chi connectivity index (χ3v) is 2.05. The van der Waals surface area contributed by atoms with E-state index in [2.05, 4.69) is 4.74 Å². The molecule has 0 aliphatic carbocycles. The van der Waals surface area contributed by atoms with E-state index in [1.807, 2.05) is 0 Å². The molecule has 1 aliphatic heterocycles. The van der Waals surface area contributed by atoms with Crippen LogP contribution >= 0.6 is 0 Å². The third kappa shape index (κ3) is 3.42. The fourth-order valence-electron chi connectivity index (χ4n) is 1.29. The maximum absolute atomic E-state index is 11.6. The molecule has 1 saturated heterocycles. The second-order valence-electron chi connectivity index (χ2n) is 2.99. The number of hydrogen-bond donors (Lipinski definition) is 1. The summed E-state index contributed by atoms with van der Waals surface area (Å²) in [5.41, 5.74) is 0. The monoisotopic (exact) mass is 181 g/mol. The number of halogens is 2. The van der Waals surface area contributed by atoms with Crippen molar-refractivity contribution in [3.8, 4) is 0 Å². The van der Waals surface area contributed by atoms with E-state index in [1.165, 1.54) is 5.06 Å². The molecule has 0 saturated carbocycles. The van der Waals surface area contributed by atoms with Gasteiger partial charge in [-0.15, -0.1) is 0 Å². The van der Waals surface area contributed by atoms with Gasteiger partial charge in [0.1, 0.15) is 0 Å². The molecule has 1 aliphatic rings. The zero-order valence-corrected chi connectivity index (χ0v) is 6.75. The maximum atomic E-state index is 11.6. The number of piperidine rings is 1. The Kier molecular flexibility index (Phi) is 3.84. The molecule has 1 rings (SSSR count). The lowest BCUT2D eigenvalue weighted by molar-refractivity contribution is -0.155. The summed E-state index contributed by atoms with van der Waals surface area (Å²) in [6.45, 7) is -1.46. The largest absolute Gasteiger partial charge is 0.345 e. The second kappa shape index (κ2) is 4.69. The van der Waals surface area contributed by atoms with Crippen LogP contribution in [0.2, 0.25) is 0 Å². The molecule has 0 aromatic carbocycles. The Bertz CT molecular complexity index is 127. The molecule has 0 amide bonds. The van der Waals surface area contributed by atoms with Crippen molar-refractivity contribution in [3.05, 3.63) is 0 Å². The minimum absolute atomic E-state index is 0.103. The normalized spacial score (nSPS) is 22.0. The standard InChI is InChI=1S/C7H13F2NO2/c8-7(9)12-5-6-1-3-10(11)4-2-6/h6-7,11H,1-5H2. The Morgan fingerprint density at radius 1 is 1.42 bits per heavy atom. The van der Waals surface area contributed by atoms with Gasteiger partial charge in [-0.3, -0.25) is 0 Å². The van der Waals surface area contributed by atoms with Crippen molar-refractivity contribution in [3.63, 3.8) is 0 Å². The van der Waals surface area contributed by atoms with Crippen LogP contribution < -0.4 is 0 Å². The summed E-state index contributed by atoms with van der Waals surface area (Å²) in [5, 5.41) is 10.2. The fourth-order valence-corrected chi connectivity index (χ4v) is 1.29. The fraction of sp³-hybridized carbons (Fsp3) is 1.00. The first-order valence-corrected chi connectivity index (χ1v) is 4.02. The Morgan fingerprint density at radius 3 is 2.50 bits per heavy atom. The third-order valence-electron chi connectivity index (χ3n) is 2.05. The van der Waals surface area contributed by atoms with E-state index in [4.69, 9.17) is 5.21 Å². The number of nitrogens with zero attached hydrogens (tertiary/aromatic N) is 1. The SMILES string of the molecule is ON1CCC(COC(F)F)CC1. The summed E-state index contributed by atoms with van der Waals surface area (Å²) in [6.07, 6.45) is 1.45. The van der Waals surface area contributed by atoms with Crippen LogP contribution in [-0.4, -0.2) is 36.6 Å². The minimum atomic E-state index is -2.67. The van der Waals surface area contributed by atoms with Gasteiger partial charge in [-0.1, -0.05) is 0 Å². The molecule has 72 valence electrons. The Morgan fingerprint density at radius 2 is 2.00 bits per heavy atom. The van der Waals surface area contributed by atoms with Gasteiger partial charge in [0.05, 0.1) is 6.61 Å². The average Bonchev–Trinajstić information content (AvgIpc) is 2.03. The van der Waals surface area contributed by atoms with Crippen LogP contribution in [0, 0.1) is 5.92 Å². The molecule has 0 radical (unpaired) electrons. The van der Waals surface area contributed by atoms with Gasteiger partial charge in [0.2, 0.25) is 0 Å². The summed E-state index contributed by atoms with van der Waals surface area (Å²) in [6, 6.07) is 0. The molecule has 0 spiro atoms. The van der Waals surface area contributed by atoms with Gasteiger partial charge >= 0.3 is 6.61 Å². The van der Waals surface area contributed by atoms with Gasteiger partial charge in [0.25, 0.3) is 0 Å². The van der Waals surface area contributed by atoms with Crippen molar-refractivity contribution in [2.75, 3.05) is 19.7 Å². The smallest absolute Gasteiger partial charge is 0.323 e. The van der Waals surface area contributed by atoms with E-state index in [1.54, 1.807) is 0 Å². The first-order chi connectivity index (χ1) is 5.68. The van der Waals surface area contributed by atoms with Crippen LogP contribution in [0.1, 0.15) is 12.8 Å². The van der Waals surface area contributed by atoms with Crippen molar-refractivity contribution in [1.82, 2.24) is 5.06 Å². The predicted molar refractivity (Wildman–Crippen MR) is 38.0 cm³/mol. The number of ether oxygens (including phenoxy) is 1. The van der Waals surface area contributed by atoms with E-state index < -0.39 is 6.61 Å². The lowest BCUT2D eigenvalue weighted by Crippen LogP contribution is -2.32. The van der Waals surface area contributed by atoms with Gasteiger partial charge in [-0.05, 0) is 18.8 Å². The molecule has 1 heterocycles. The van der Waals surface area contributed by atoms with Crippen LogP contribution in [0.3, 0.4) is 0 Å². The van der Waals surface area contributed by atoms with Crippen LogP contribution in [-0.2, 0) is 4.74 Å². The highest BCUT2D eigenvalue weighted by molar-refractivity contribution is 4.66. The molecule has 1 fully saturated rings. The molecule has 0 aromatic heterocycles. The topological polar surface area (TPSA) is 32.7 Å². The van der Waals surface area contributed by atoms with E-state index in [0.29, 0.717) is 13.1 Å². The molecule has 0 unspecified atom stereocenters. The lowest BCUT2D eigenvalue weighted by Gasteiger charge is -2.26. The van der Waals surface area contributed by atoms with Crippen LogP contribution in [0.25, 0.3) is 0 Å². The highest BCUT2D eigenvalue weighted by atomic mass is 19.3. The van der Waals surface area contributed by atoms with Gasteiger partial charge in [0.15, 0.2) is 0 Å². The Labute approximate surface area is 69.9 Å². The lowest BCUT2D eigenvalue weighted by atomic mass is 9.99. The van der Waals surface area contributed by atoms with Crippen molar-refractivity contribution < 1.29 is 18.7 Å². The molecular formula is C7H13F2NO2. The van der Waals surface area contributed by atoms with Crippen LogP contribution in [0.5, 0.6) is 0 Å². The van der Waals surface area contributed by atoms with Crippen molar-refractivity contribution in [2.24, 2.45) is 5.92 Å². The minimum Gasteiger partial charge on any atom is -0.323 e. The molecule has 1 N–H and O–H groups in total. The Hall–Kier alpha value is -0.260. The highest BCUT2D eigenvalue weighted by Crippen LogP contribution is 2.16. The predicted octanol–water partition coefficient (Wildman–Crippen LogP) is 1.33. The number of hydroxylamine groups is 2. The number of rotatable bonds is 3. The van der Waals surface area contributed by atoms with Crippen molar-refractivity contribution >= 4 is 0 Å². The first kappa shape index (κ1) is 9.83. The second-order valence-corrected chi connectivity index (χ2v) is 2.99. The molecule has 0 atom stereocenters. The van der Waals surface area contributed by atoms with Gasteiger partial charge in [-0.25, -0.2) is 0 Å². The molecular weight excluding hydrogens is 168 g/mol. The van der Waals surface area contributed by atoms with Gasteiger partial charge < -0.3 is 9.94 Å². The van der Waals surface area contributed by atoms with Crippen LogP contribution in [0.15, 0.2) is 0 Å². The van der Waals surface area contributed by atoms with E-state index in [0.717, 1.165) is 12.8 Å². The average molecular weight is 181 g/mol. The molecule has 0 aromatic rings. The molecule has 12 heavy (non-hydrogen) atoms. The van der Waals surface area contributed by atoms with Gasteiger partial charge in [-0.2, -0.15) is 13.8 Å². The summed E-state index contributed by atoms with van der Waals surface area (Å²) < 4.78 is 27.4. The summed E-state index contributed by atoms with van der Waals surface area (Å²) in [5.74, 6) is 0.169. The van der Waals surface area contributed by atoms with Crippen molar-refractivity contribution in [1.29, 1.82) is 0 Å². The van der Waals surface area contributed by atoms with E-state index >= 15 is 0 Å². The highest BCUT2D eigenvalue weighted by Gasteiger charge is 2.18. The zero-order chi connectivity index (χ0) is 8.97. The number of alkyl halides is 2. The summed E-state index contributed by atoms with van der Waals surface area (Å²) in [4.78, 5) is 0. The Balaban J connectivity index is 2.09. The molecule has 5 heteroatoms. The summed E-state index contributed by atoms with van der Waals surface area (Å²) >= 11 is 0. The quantitative estimate of drug-likeness (QED) is 0.712. The zero-order valence-electron chi connectivity index (χ0n) is 6.75. The molecule has 3 nitrogen and oxygen atoms in total. The molecule has 0 bridgehead atoms. The maximum Gasteiger partial charge on any atom is 0.345 e. The first-order valence-electron chi connectivity index (χ1n) is 4.02. The van der Waals surface area contributed by atoms with E-state index in [9.17, 15) is 8.78 Å². The van der Waals surface area contributed by atoms with Gasteiger partial charge in [0, 0.05) is 13.1 Å². The van der Waals surface area contributed by atoms with E-state index in [-0.39, 0.29) is 12.5 Å². The summed E-state index contributed by atoms with van der Waals surface area (Å²) in [7, 11) is 0. The van der Waals surface area contributed by atoms with Crippen molar-refractivity contribution in [2.45, 2.75) is 19.5 Å².